The molecule has 5 heteroatoms. The molecule has 5 nitrogen and oxygen atoms in total. The van der Waals surface area contributed by atoms with Crippen LogP contribution in [0, 0.1) is 0 Å². The minimum absolute atomic E-state index is 0.0617. The number of methoxy groups -OCH3 is 1. The van der Waals surface area contributed by atoms with Gasteiger partial charge >= 0.3 is 0 Å². The first-order valence-corrected chi connectivity index (χ1v) is 8.31. The Balaban J connectivity index is 2.05. The predicted octanol–water partition coefficient (Wildman–Crippen LogP) is 3.79. The van der Waals surface area contributed by atoms with Crippen LogP contribution >= 0.6 is 0 Å². The molecule has 0 amide bonds. The molecular weight excluding hydrogens is 314 g/mol. The largest absolute Gasteiger partial charge is 0.497 e. The standard InChI is InChI=1S/C20H23N3O2/c1-14(2)25-20-12-19(16-6-4-15(13-21)5-7-16)23(22-20)17-8-10-18(24-3)11-9-17/h4-12,14H,13,21H2,1-3H3. The van der Waals surface area contributed by atoms with Crippen LogP contribution in [-0.2, 0) is 6.54 Å². The molecule has 1 aromatic heterocycles. The number of aromatic nitrogens is 2. The molecule has 1 heterocycles. The van der Waals surface area contributed by atoms with Gasteiger partial charge in [0.25, 0.3) is 0 Å². The number of benzene rings is 2. The van der Waals surface area contributed by atoms with Gasteiger partial charge in [-0.1, -0.05) is 24.3 Å². The zero-order chi connectivity index (χ0) is 17.8. The maximum absolute atomic E-state index is 5.79. The first kappa shape index (κ1) is 17.0. The number of rotatable bonds is 6. The lowest BCUT2D eigenvalue weighted by Crippen LogP contribution is -2.06. The lowest BCUT2D eigenvalue weighted by atomic mass is 10.1. The Hall–Kier alpha value is -2.79. The molecule has 0 spiro atoms. The van der Waals surface area contributed by atoms with Crippen molar-refractivity contribution in [3.05, 3.63) is 60.2 Å². The Morgan fingerprint density at radius 1 is 1.04 bits per heavy atom. The average molecular weight is 337 g/mol. The highest BCUT2D eigenvalue weighted by Crippen LogP contribution is 2.28. The Morgan fingerprint density at radius 2 is 1.72 bits per heavy atom. The zero-order valence-corrected chi connectivity index (χ0v) is 14.8. The van der Waals surface area contributed by atoms with Crippen LogP contribution < -0.4 is 15.2 Å². The molecule has 0 saturated carbocycles. The van der Waals surface area contributed by atoms with E-state index in [4.69, 9.17) is 15.2 Å². The van der Waals surface area contributed by atoms with Gasteiger partial charge in [-0.2, -0.15) is 0 Å². The zero-order valence-electron chi connectivity index (χ0n) is 14.8. The third-order valence-electron chi connectivity index (χ3n) is 3.85. The van der Waals surface area contributed by atoms with Gasteiger partial charge in [-0.25, -0.2) is 4.68 Å². The smallest absolute Gasteiger partial charge is 0.234 e. The van der Waals surface area contributed by atoms with E-state index in [9.17, 15) is 0 Å². The Labute approximate surface area is 148 Å². The second-order valence-corrected chi connectivity index (χ2v) is 6.05. The van der Waals surface area contributed by atoms with Crippen LogP contribution in [0.1, 0.15) is 19.4 Å². The predicted molar refractivity (Wildman–Crippen MR) is 99.2 cm³/mol. The van der Waals surface area contributed by atoms with Gasteiger partial charge in [-0.05, 0) is 43.7 Å². The monoisotopic (exact) mass is 337 g/mol. The van der Waals surface area contributed by atoms with Crippen LogP contribution in [0.25, 0.3) is 16.9 Å². The van der Waals surface area contributed by atoms with Crippen LogP contribution in [0.15, 0.2) is 54.6 Å². The Kier molecular flexibility index (Phi) is 5.05. The molecule has 2 aromatic carbocycles. The van der Waals surface area contributed by atoms with Crippen molar-refractivity contribution in [2.75, 3.05) is 7.11 Å². The van der Waals surface area contributed by atoms with Gasteiger partial charge in [0.05, 0.1) is 24.6 Å². The maximum atomic E-state index is 5.79. The van der Waals surface area contributed by atoms with E-state index in [0.717, 1.165) is 28.3 Å². The summed E-state index contributed by atoms with van der Waals surface area (Å²) in [5, 5.41) is 4.62. The summed E-state index contributed by atoms with van der Waals surface area (Å²) in [6.45, 7) is 4.50. The van der Waals surface area contributed by atoms with E-state index < -0.39 is 0 Å². The third-order valence-corrected chi connectivity index (χ3v) is 3.85. The maximum Gasteiger partial charge on any atom is 0.234 e. The van der Waals surface area contributed by atoms with Crippen LogP contribution in [-0.4, -0.2) is 23.0 Å². The highest BCUT2D eigenvalue weighted by Gasteiger charge is 2.14. The van der Waals surface area contributed by atoms with Crippen molar-refractivity contribution in [3.8, 4) is 28.6 Å². The molecule has 0 fully saturated rings. The van der Waals surface area contributed by atoms with E-state index >= 15 is 0 Å². The molecule has 130 valence electrons. The van der Waals surface area contributed by atoms with Crippen molar-refractivity contribution in [2.24, 2.45) is 5.73 Å². The fourth-order valence-corrected chi connectivity index (χ4v) is 2.60. The Morgan fingerprint density at radius 3 is 2.28 bits per heavy atom. The summed E-state index contributed by atoms with van der Waals surface area (Å²) in [4.78, 5) is 0. The minimum Gasteiger partial charge on any atom is -0.497 e. The molecule has 0 bridgehead atoms. The van der Waals surface area contributed by atoms with Crippen LogP contribution in [0.2, 0.25) is 0 Å². The summed E-state index contributed by atoms with van der Waals surface area (Å²) in [7, 11) is 1.65. The summed E-state index contributed by atoms with van der Waals surface area (Å²) in [5.41, 5.74) is 9.75. The molecule has 0 aliphatic carbocycles. The van der Waals surface area contributed by atoms with E-state index in [-0.39, 0.29) is 6.10 Å². The lowest BCUT2D eigenvalue weighted by Gasteiger charge is -2.09. The number of hydrogen-bond acceptors (Lipinski definition) is 4. The topological polar surface area (TPSA) is 62.3 Å². The van der Waals surface area contributed by atoms with Gasteiger partial charge in [0.2, 0.25) is 5.88 Å². The lowest BCUT2D eigenvalue weighted by molar-refractivity contribution is 0.231. The SMILES string of the molecule is COc1ccc(-n2nc(OC(C)C)cc2-c2ccc(CN)cc2)cc1. The summed E-state index contributed by atoms with van der Waals surface area (Å²) in [5.74, 6) is 1.41. The molecule has 0 saturated heterocycles. The van der Waals surface area contributed by atoms with Crippen molar-refractivity contribution in [1.29, 1.82) is 0 Å². The van der Waals surface area contributed by atoms with Gasteiger partial charge in [0, 0.05) is 18.2 Å². The second kappa shape index (κ2) is 7.40. The summed E-state index contributed by atoms with van der Waals surface area (Å²) in [6.07, 6.45) is 0.0617. The van der Waals surface area contributed by atoms with Crippen molar-refractivity contribution < 1.29 is 9.47 Å². The normalized spacial score (nSPS) is 10.9. The number of ether oxygens (including phenoxy) is 2. The molecule has 0 atom stereocenters. The third kappa shape index (κ3) is 3.83. The van der Waals surface area contributed by atoms with Crippen LogP contribution in [0.3, 0.4) is 0 Å². The molecule has 0 aliphatic heterocycles. The van der Waals surface area contributed by atoms with Crippen LogP contribution in [0.4, 0.5) is 0 Å². The van der Waals surface area contributed by atoms with Gasteiger partial charge in [-0.15, -0.1) is 5.10 Å². The summed E-state index contributed by atoms with van der Waals surface area (Å²) >= 11 is 0. The van der Waals surface area contributed by atoms with Crippen molar-refractivity contribution in [3.63, 3.8) is 0 Å². The second-order valence-electron chi connectivity index (χ2n) is 6.05. The molecule has 0 aliphatic rings. The van der Waals surface area contributed by atoms with Crippen molar-refractivity contribution in [2.45, 2.75) is 26.5 Å². The van der Waals surface area contributed by atoms with E-state index in [0.29, 0.717) is 12.4 Å². The fraction of sp³-hybridized carbons (Fsp3) is 0.250. The molecule has 0 radical (unpaired) electrons. The summed E-state index contributed by atoms with van der Waals surface area (Å²) in [6, 6.07) is 17.9. The van der Waals surface area contributed by atoms with E-state index in [1.54, 1.807) is 7.11 Å². The molecular formula is C20H23N3O2. The number of hydrogen-bond donors (Lipinski definition) is 1. The Bertz CT molecular complexity index is 756. The van der Waals surface area contributed by atoms with Crippen molar-refractivity contribution >= 4 is 0 Å². The molecule has 3 rings (SSSR count). The van der Waals surface area contributed by atoms with Crippen LogP contribution in [0.5, 0.6) is 11.6 Å². The van der Waals surface area contributed by atoms with Crippen molar-refractivity contribution in [1.82, 2.24) is 9.78 Å². The average Bonchev–Trinajstić information content (AvgIpc) is 3.05. The first-order chi connectivity index (χ1) is 12.1. The first-order valence-electron chi connectivity index (χ1n) is 8.31. The van der Waals surface area contributed by atoms with Gasteiger partial charge in [0.1, 0.15) is 5.75 Å². The van der Waals surface area contributed by atoms with E-state index in [2.05, 4.69) is 17.2 Å². The fourth-order valence-electron chi connectivity index (χ4n) is 2.60. The minimum atomic E-state index is 0.0617. The van der Waals surface area contributed by atoms with E-state index in [1.807, 2.05) is 61.0 Å². The van der Waals surface area contributed by atoms with Gasteiger partial charge in [-0.3, -0.25) is 0 Å². The number of nitrogens with zero attached hydrogens (tertiary/aromatic N) is 2. The molecule has 3 aromatic rings. The molecule has 0 unspecified atom stereocenters. The van der Waals surface area contributed by atoms with Gasteiger partial charge < -0.3 is 15.2 Å². The van der Waals surface area contributed by atoms with Gasteiger partial charge in [0.15, 0.2) is 0 Å². The van der Waals surface area contributed by atoms with E-state index in [1.165, 1.54) is 0 Å². The molecule has 2 N–H and O–H groups in total. The highest BCUT2D eigenvalue weighted by molar-refractivity contribution is 5.64. The highest BCUT2D eigenvalue weighted by atomic mass is 16.5. The quantitative estimate of drug-likeness (QED) is 0.743. The number of nitrogens with two attached hydrogens (primary N) is 1. The molecule has 25 heavy (non-hydrogen) atoms. The summed E-state index contributed by atoms with van der Waals surface area (Å²) < 4.78 is 12.9.